The number of rotatable bonds is 6. The molecule has 0 radical (unpaired) electrons. The second-order valence-electron chi connectivity index (χ2n) is 6.24. The fourth-order valence-corrected chi connectivity index (χ4v) is 3.61. The summed E-state index contributed by atoms with van der Waals surface area (Å²) >= 11 is 0. The lowest BCUT2D eigenvalue weighted by Crippen LogP contribution is -2.47. The van der Waals surface area contributed by atoms with Crippen LogP contribution in [-0.2, 0) is 0 Å². The van der Waals surface area contributed by atoms with Crippen molar-refractivity contribution in [1.82, 2.24) is 10.2 Å². The van der Waals surface area contributed by atoms with Crippen LogP contribution < -0.4 is 14.8 Å². The first-order valence-electron chi connectivity index (χ1n) is 7.98. The number of likely N-dealkylation sites (N-methyl/N-ethyl adjacent to an activating group) is 1. The van der Waals surface area contributed by atoms with Gasteiger partial charge in [0.15, 0.2) is 11.5 Å². The molecule has 2 fully saturated rings. The van der Waals surface area contributed by atoms with Gasteiger partial charge in [-0.25, -0.2) is 0 Å². The Morgan fingerprint density at radius 2 is 1.81 bits per heavy atom. The molecule has 1 aromatic carbocycles. The van der Waals surface area contributed by atoms with Gasteiger partial charge in [-0.05, 0) is 44.9 Å². The first-order chi connectivity index (χ1) is 10.3. The molecule has 2 atom stereocenters. The van der Waals surface area contributed by atoms with Crippen LogP contribution in [0.3, 0.4) is 0 Å². The maximum absolute atomic E-state index is 5.88. The molecule has 2 saturated heterocycles. The number of fused-ring (bicyclic) bond motifs is 2. The lowest BCUT2D eigenvalue weighted by atomic mass is 9.99. The van der Waals surface area contributed by atoms with Crippen LogP contribution in [-0.4, -0.2) is 50.3 Å². The van der Waals surface area contributed by atoms with E-state index in [-0.39, 0.29) is 0 Å². The number of hydrogen-bond donors (Lipinski definition) is 1. The van der Waals surface area contributed by atoms with Gasteiger partial charge in [0, 0.05) is 24.7 Å². The first-order valence-corrected chi connectivity index (χ1v) is 7.98. The van der Waals surface area contributed by atoms with E-state index in [1.54, 1.807) is 7.11 Å². The Balaban J connectivity index is 1.46. The first kappa shape index (κ1) is 14.7. The summed E-state index contributed by atoms with van der Waals surface area (Å²) in [7, 11) is 3.90. The van der Waals surface area contributed by atoms with Gasteiger partial charge < -0.3 is 14.8 Å². The minimum atomic E-state index is 0.699. The summed E-state index contributed by atoms with van der Waals surface area (Å²) < 4.78 is 11.2. The third kappa shape index (κ3) is 3.50. The molecule has 3 rings (SSSR count). The molecule has 1 aromatic rings. The molecular weight excluding hydrogens is 264 g/mol. The van der Waals surface area contributed by atoms with E-state index in [2.05, 4.69) is 17.3 Å². The second-order valence-corrected chi connectivity index (χ2v) is 6.24. The molecule has 2 unspecified atom stereocenters. The number of piperidine rings is 1. The van der Waals surface area contributed by atoms with Crippen LogP contribution in [0, 0.1) is 0 Å². The van der Waals surface area contributed by atoms with E-state index in [4.69, 9.17) is 9.47 Å². The standard InChI is InChI=1S/C17H26N2O2/c1-19(15-11-13-7-8-14(12-15)18-13)9-10-21-17-6-4-3-5-16(17)20-2/h3-6,13-15,18H,7-12H2,1-2H3. The number of methoxy groups -OCH3 is 1. The molecule has 2 bridgehead atoms. The summed E-state index contributed by atoms with van der Waals surface area (Å²) in [6.45, 7) is 1.66. The van der Waals surface area contributed by atoms with Crippen molar-refractivity contribution in [2.45, 2.75) is 43.8 Å². The van der Waals surface area contributed by atoms with Crippen LogP contribution in [0.25, 0.3) is 0 Å². The summed E-state index contributed by atoms with van der Waals surface area (Å²) in [6, 6.07) is 10.0. The number of nitrogens with zero attached hydrogens (tertiary/aromatic N) is 1. The molecule has 4 nitrogen and oxygen atoms in total. The van der Waals surface area contributed by atoms with Gasteiger partial charge in [-0.3, -0.25) is 4.90 Å². The highest BCUT2D eigenvalue weighted by Crippen LogP contribution is 2.29. The summed E-state index contributed by atoms with van der Waals surface area (Å²) in [5.41, 5.74) is 0. The smallest absolute Gasteiger partial charge is 0.161 e. The van der Waals surface area contributed by atoms with Crippen molar-refractivity contribution in [3.63, 3.8) is 0 Å². The fraction of sp³-hybridized carbons (Fsp3) is 0.647. The van der Waals surface area contributed by atoms with E-state index in [0.29, 0.717) is 12.6 Å². The van der Waals surface area contributed by atoms with Crippen molar-refractivity contribution < 1.29 is 9.47 Å². The minimum absolute atomic E-state index is 0.699. The number of para-hydroxylation sites is 2. The zero-order valence-corrected chi connectivity index (χ0v) is 13.0. The topological polar surface area (TPSA) is 33.7 Å². The normalized spacial score (nSPS) is 27.9. The zero-order chi connectivity index (χ0) is 14.7. The Bertz CT molecular complexity index is 454. The largest absolute Gasteiger partial charge is 0.493 e. The molecule has 1 N–H and O–H groups in total. The Kier molecular flexibility index (Phi) is 4.66. The number of ether oxygens (including phenoxy) is 2. The van der Waals surface area contributed by atoms with Crippen molar-refractivity contribution in [2.24, 2.45) is 0 Å². The van der Waals surface area contributed by atoms with E-state index in [0.717, 1.165) is 30.1 Å². The van der Waals surface area contributed by atoms with Crippen LogP contribution in [0.4, 0.5) is 0 Å². The van der Waals surface area contributed by atoms with Gasteiger partial charge in [0.1, 0.15) is 6.61 Å². The number of hydrogen-bond acceptors (Lipinski definition) is 4. The Morgan fingerprint density at radius 3 is 2.48 bits per heavy atom. The van der Waals surface area contributed by atoms with Gasteiger partial charge in [-0.2, -0.15) is 0 Å². The predicted molar refractivity (Wildman–Crippen MR) is 84.1 cm³/mol. The van der Waals surface area contributed by atoms with Gasteiger partial charge in [-0.1, -0.05) is 12.1 Å². The quantitative estimate of drug-likeness (QED) is 0.871. The molecule has 2 aliphatic heterocycles. The highest BCUT2D eigenvalue weighted by Gasteiger charge is 2.34. The monoisotopic (exact) mass is 290 g/mol. The highest BCUT2D eigenvalue weighted by atomic mass is 16.5. The van der Waals surface area contributed by atoms with Gasteiger partial charge >= 0.3 is 0 Å². The molecule has 2 aliphatic rings. The average Bonchev–Trinajstić information content (AvgIpc) is 2.86. The van der Waals surface area contributed by atoms with Gasteiger partial charge in [0.2, 0.25) is 0 Å². The molecule has 0 spiro atoms. The molecule has 2 heterocycles. The van der Waals surface area contributed by atoms with Crippen LogP contribution in [0.2, 0.25) is 0 Å². The van der Waals surface area contributed by atoms with Crippen molar-refractivity contribution >= 4 is 0 Å². The van der Waals surface area contributed by atoms with Crippen LogP contribution >= 0.6 is 0 Å². The third-order valence-electron chi connectivity index (χ3n) is 4.84. The molecular formula is C17H26N2O2. The lowest BCUT2D eigenvalue weighted by molar-refractivity contribution is 0.145. The molecule has 0 aromatic heterocycles. The van der Waals surface area contributed by atoms with Crippen molar-refractivity contribution in [3.8, 4) is 11.5 Å². The Labute approximate surface area is 127 Å². The Morgan fingerprint density at radius 1 is 1.14 bits per heavy atom. The molecule has 0 amide bonds. The highest BCUT2D eigenvalue weighted by molar-refractivity contribution is 5.39. The van der Waals surface area contributed by atoms with E-state index in [9.17, 15) is 0 Å². The maximum atomic E-state index is 5.88. The van der Waals surface area contributed by atoms with Crippen molar-refractivity contribution in [2.75, 3.05) is 27.3 Å². The second kappa shape index (κ2) is 6.67. The van der Waals surface area contributed by atoms with E-state index < -0.39 is 0 Å². The molecule has 0 aliphatic carbocycles. The number of benzene rings is 1. The SMILES string of the molecule is COc1ccccc1OCCN(C)C1CC2CCC(C1)N2. The summed E-state index contributed by atoms with van der Waals surface area (Å²) in [6.07, 6.45) is 5.27. The van der Waals surface area contributed by atoms with Crippen molar-refractivity contribution in [1.29, 1.82) is 0 Å². The zero-order valence-electron chi connectivity index (χ0n) is 13.0. The Hall–Kier alpha value is -1.26. The average molecular weight is 290 g/mol. The van der Waals surface area contributed by atoms with Gasteiger partial charge in [0.05, 0.1) is 7.11 Å². The third-order valence-corrected chi connectivity index (χ3v) is 4.84. The van der Waals surface area contributed by atoms with Gasteiger partial charge in [-0.15, -0.1) is 0 Å². The minimum Gasteiger partial charge on any atom is -0.493 e. The van der Waals surface area contributed by atoms with Crippen LogP contribution in [0.1, 0.15) is 25.7 Å². The fourth-order valence-electron chi connectivity index (χ4n) is 3.61. The van der Waals surface area contributed by atoms with E-state index >= 15 is 0 Å². The molecule has 0 saturated carbocycles. The van der Waals surface area contributed by atoms with Crippen LogP contribution in [0.15, 0.2) is 24.3 Å². The van der Waals surface area contributed by atoms with E-state index in [1.165, 1.54) is 25.7 Å². The van der Waals surface area contributed by atoms with Crippen molar-refractivity contribution in [3.05, 3.63) is 24.3 Å². The molecule has 4 heteroatoms. The van der Waals surface area contributed by atoms with Crippen LogP contribution in [0.5, 0.6) is 11.5 Å². The molecule has 116 valence electrons. The number of nitrogens with one attached hydrogen (secondary N) is 1. The maximum Gasteiger partial charge on any atom is 0.161 e. The lowest BCUT2D eigenvalue weighted by Gasteiger charge is -2.35. The summed E-state index contributed by atoms with van der Waals surface area (Å²) in [5, 5.41) is 3.70. The predicted octanol–water partition coefficient (Wildman–Crippen LogP) is 2.29. The van der Waals surface area contributed by atoms with Gasteiger partial charge in [0.25, 0.3) is 0 Å². The summed E-state index contributed by atoms with van der Waals surface area (Å²) in [5.74, 6) is 1.64. The van der Waals surface area contributed by atoms with E-state index in [1.807, 2.05) is 24.3 Å². The molecule has 21 heavy (non-hydrogen) atoms. The summed E-state index contributed by atoms with van der Waals surface area (Å²) in [4.78, 5) is 2.46.